The van der Waals surface area contributed by atoms with Crippen molar-refractivity contribution in [2.45, 2.75) is 19.4 Å². The summed E-state index contributed by atoms with van der Waals surface area (Å²) in [6, 6.07) is 0. The average molecular weight is 289 g/mol. The number of hydrogen-bond donors (Lipinski definition) is 0. The van der Waals surface area contributed by atoms with Crippen molar-refractivity contribution >= 4 is 11.6 Å². The Labute approximate surface area is 120 Å². The molecule has 21 heavy (non-hydrogen) atoms. The molecule has 2 aliphatic heterocycles. The van der Waals surface area contributed by atoms with Crippen LogP contribution in [0.25, 0.3) is 5.65 Å². The predicted molar refractivity (Wildman–Crippen MR) is 71.4 cm³/mol. The molecule has 7 nitrogen and oxygen atoms in total. The highest BCUT2D eigenvalue weighted by atomic mass is 16.5. The molecule has 2 unspecified atom stereocenters. The topological polar surface area (TPSA) is 75.0 Å². The van der Waals surface area contributed by atoms with Gasteiger partial charge in [0, 0.05) is 12.3 Å². The van der Waals surface area contributed by atoms with E-state index in [1.165, 1.54) is 6.20 Å². The van der Waals surface area contributed by atoms with Crippen molar-refractivity contribution in [3.8, 4) is 5.75 Å². The molecular formula is C14H15N3O4. The molecule has 0 spiro atoms. The van der Waals surface area contributed by atoms with Gasteiger partial charge >= 0.3 is 5.97 Å². The van der Waals surface area contributed by atoms with Crippen LogP contribution in [0.2, 0.25) is 0 Å². The van der Waals surface area contributed by atoms with Crippen molar-refractivity contribution in [2.24, 2.45) is 5.92 Å². The third-order valence-corrected chi connectivity index (χ3v) is 3.90. The highest BCUT2D eigenvalue weighted by Crippen LogP contribution is 2.33. The van der Waals surface area contributed by atoms with E-state index in [9.17, 15) is 4.79 Å². The van der Waals surface area contributed by atoms with Crippen LogP contribution in [-0.2, 0) is 15.9 Å². The Morgan fingerprint density at radius 3 is 3.29 bits per heavy atom. The van der Waals surface area contributed by atoms with Crippen LogP contribution in [0.3, 0.4) is 0 Å². The van der Waals surface area contributed by atoms with Crippen LogP contribution in [-0.4, -0.2) is 46.5 Å². The third-order valence-electron chi connectivity index (χ3n) is 3.90. The Morgan fingerprint density at radius 2 is 2.43 bits per heavy atom. The van der Waals surface area contributed by atoms with Crippen LogP contribution >= 0.6 is 0 Å². The molecule has 1 fully saturated rings. The monoisotopic (exact) mass is 289 g/mol. The molecule has 0 aromatic carbocycles. The fourth-order valence-electron chi connectivity index (χ4n) is 2.84. The fraction of sp³-hybridized carbons (Fsp3) is 0.500. The first-order valence-electron chi connectivity index (χ1n) is 7.05. The van der Waals surface area contributed by atoms with Gasteiger partial charge in [-0.15, -0.1) is 0 Å². The normalized spacial score (nSPS) is 23.5. The van der Waals surface area contributed by atoms with Crippen LogP contribution in [0.15, 0.2) is 12.4 Å². The van der Waals surface area contributed by atoms with Crippen molar-refractivity contribution in [3.63, 3.8) is 0 Å². The summed E-state index contributed by atoms with van der Waals surface area (Å²) in [5.74, 6) is 0.646. The number of nitrogens with zero attached hydrogens (tertiary/aromatic N) is 3. The van der Waals surface area contributed by atoms with Gasteiger partial charge in [0.2, 0.25) is 0 Å². The minimum absolute atomic E-state index is 0.0943. The average Bonchev–Trinajstić information content (AvgIpc) is 3.08. The molecule has 2 aromatic heterocycles. The molecule has 2 aliphatic rings. The highest BCUT2D eigenvalue weighted by Gasteiger charge is 2.36. The smallest absolute Gasteiger partial charge is 0.343 e. The number of esters is 1. The van der Waals surface area contributed by atoms with Gasteiger partial charge in [0.05, 0.1) is 37.9 Å². The molecule has 1 saturated heterocycles. The van der Waals surface area contributed by atoms with Gasteiger partial charge in [0.15, 0.2) is 11.4 Å². The maximum absolute atomic E-state index is 11.9. The second kappa shape index (κ2) is 4.70. The maximum Gasteiger partial charge on any atom is 0.343 e. The van der Waals surface area contributed by atoms with Crippen LogP contribution in [0.5, 0.6) is 5.75 Å². The third kappa shape index (κ3) is 1.96. The first-order chi connectivity index (χ1) is 10.3. The van der Waals surface area contributed by atoms with E-state index in [-0.39, 0.29) is 6.10 Å². The second-order valence-electron chi connectivity index (χ2n) is 5.26. The summed E-state index contributed by atoms with van der Waals surface area (Å²) in [4.78, 5) is 16.5. The lowest BCUT2D eigenvalue weighted by atomic mass is 9.97. The summed E-state index contributed by atoms with van der Waals surface area (Å²) in [5, 5.41) is 4.16. The Morgan fingerprint density at radius 1 is 1.52 bits per heavy atom. The Hall–Kier alpha value is -2.15. The number of hydrogen-bond acceptors (Lipinski definition) is 6. The van der Waals surface area contributed by atoms with Gasteiger partial charge in [-0.3, -0.25) is 0 Å². The summed E-state index contributed by atoms with van der Waals surface area (Å²) in [7, 11) is 0. The van der Waals surface area contributed by atoms with Crippen molar-refractivity contribution in [2.75, 3.05) is 19.8 Å². The van der Waals surface area contributed by atoms with Crippen LogP contribution in [0.1, 0.15) is 23.0 Å². The molecule has 0 aliphatic carbocycles. The zero-order valence-corrected chi connectivity index (χ0v) is 11.6. The molecule has 0 bridgehead atoms. The fourth-order valence-corrected chi connectivity index (χ4v) is 2.84. The van der Waals surface area contributed by atoms with Crippen LogP contribution in [0.4, 0.5) is 0 Å². The van der Waals surface area contributed by atoms with Gasteiger partial charge in [-0.25, -0.2) is 14.3 Å². The van der Waals surface area contributed by atoms with E-state index in [4.69, 9.17) is 14.2 Å². The summed E-state index contributed by atoms with van der Waals surface area (Å²) in [6.07, 6.45) is 4.14. The number of rotatable bonds is 2. The van der Waals surface area contributed by atoms with E-state index in [0.717, 1.165) is 12.1 Å². The Kier molecular flexibility index (Phi) is 2.81. The molecule has 2 aromatic rings. The quantitative estimate of drug-likeness (QED) is 0.763. The zero-order chi connectivity index (χ0) is 14.4. The van der Waals surface area contributed by atoms with Crippen molar-refractivity contribution in [1.29, 1.82) is 0 Å². The van der Waals surface area contributed by atoms with Crippen LogP contribution < -0.4 is 4.74 Å². The van der Waals surface area contributed by atoms with Crippen LogP contribution in [0, 0.1) is 5.92 Å². The van der Waals surface area contributed by atoms with Gasteiger partial charge in [-0.2, -0.15) is 5.10 Å². The Balaban J connectivity index is 1.76. The first-order valence-corrected chi connectivity index (χ1v) is 7.05. The molecule has 0 amide bonds. The molecular weight excluding hydrogens is 274 g/mol. The maximum atomic E-state index is 11.9. The first kappa shape index (κ1) is 12.6. The Bertz CT molecular complexity index is 712. The molecule has 4 rings (SSSR count). The summed E-state index contributed by atoms with van der Waals surface area (Å²) in [5.41, 5.74) is 1.73. The highest BCUT2D eigenvalue weighted by molar-refractivity contribution is 5.95. The summed E-state index contributed by atoms with van der Waals surface area (Å²) in [6.45, 7) is 3.41. The van der Waals surface area contributed by atoms with E-state index < -0.39 is 5.97 Å². The minimum atomic E-state index is -0.404. The molecule has 4 heterocycles. The van der Waals surface area contributed by atoms with E-state index in [1.54, 1.807) is 17.6 Å². The molecule has 7 heteroatoms. The molecule has 110 valence electrons. The van der Waals surface area contributed by atoms with E-state index >= 15 is 0 Å². The number of carbonyl (C=O) groups excluding carboxylic acids is 1. The second-order valence-corrected chi connectivity index (χ2v) is 5.26. The molecule has 0 radical (unpaired) electrons. The number of aromatic nitrogens is 3. The minimum Gasteiger partial charge on any atom is -0.484 e. The largest absolute Gasteiger partial charge is 0.484 e. The van der Waals surface area contributed by atoms with Gasteiger partial charge in [0.1, 0.15) is 11.7 Å². The SMILES string of the molecule is CCOC(=O)c1cnn2cc3c(nc12)CC1COCC1O3. The zero-order valence-electron chi connectivity index (χ0n) is 11.6. The van der Waals surface area contributed by atoms with Gasteiger partial charge < -0.3 is 14.2 Å². The van der Waals surface area contributed by atoms with Crippen molar-refractivity contribution in [3.05, 3.63) is 23.7 Å². The summed E-state index contributed by atoms with van der Waals surface area (Å²) < 4.78 is 17.9. The predicted octanol–water partition coefficient (Wildman–Crippen LogP) is 0.856. The summed E-state index contributed by atoms with van der Waals surface area (Å²) >= 11 is 0. The van der Waals surface area contributed by atoms with E-state index in [2.05, 4.69) is 10.1 Å². The molecule has 2 atom stereocenters. The lowest BCUT2D eigenvalue weighted by Crippen LogP contribution is -2.32. The van der Waals surface area contributed by atoms with Crippen molar-refractivity contribution in [1.82, 2.24) is 14.6 Å². The van der Waals surface area contributed by atoms with E-state index in [0.29, 0.717) is 42.7 Å². The van der Waals surface area contributed by atoms with Crippen molar-refractivity contribution < 1.29 is 19.0 Å². The van der Waals surface area contributed by atoms with E-state index in [1.807, 2.05) is 0 Å². The molecule has 0 N–H and O–H groups in total. The number of carbonyl (C=O) groups is 1. The van der Waals surface area contributed by atoms with Gasteiger partial charge in [-0.1, -0.05) is 0 Å². The lowest BCUT2D eigenvalue weighted by Gasteiger charge is -2.26. The van der Waals surface area contributed by atoms with Gasteiger partial charge in [0.25, 0.3) is 0 Å². The molecule has 0 saturated carbocycles. The lowest BCUT2D eigenvalue weighted by molar-refractivity contribution is 0.0528. The standard InChI is InChI=1S/C14H15N3O4/c1-2-20-14(18)9-4-15-17-5-11-10(16-13(9)17)3-8-6-19-7-12(8)21-11/h4-5,8,12H,2-3,6-7H2,1H3. The van der Waals surface area contributed by atoms with Gasteiger partial charge in [-0.05, 0) is 6.92 Å². The number of fused-ring (bicyclic) bond motifs is 3. The number of ether oxygens (including phenoxy) is 3.